The number of amides is 1. The number of rotatable bonds is 9. The summed E-state index contributed by atoms with van der Waals surface area (Å²) in [4.78, 5) is 12.6. The number of thioether (sulfide) groups is 1. The molecule has 0 spiro atoms. The van der Waals surface area contributed by atoms with Crippen molar-refractivity contribution in [2.24, 2.45) is 0 Å². The van der Waals surface area contributed by atoms with Crippen molar-refractivity contribution in [2.45, 2.75) is 22.6 Å². The van der Waals surface area contributed by atoms with Crippen molar-refractivity contribution in [1.29, 1.82) is 0 Å². The Balaban J connectivity index is 1.85. The number of carbonyl (C=O) groups excluding carboxylic acids is 1. The molecular weight excluding hydrogens is 447 g/mol. The summed E-state index contributed by atoms with van der Waals surface area (Å²) in [5, 5.41) is 10.7. The average Bonchev–Trinajstić information content (AvgIpc) is 3.19. The first kappa shape index (κ1) is 22.2. The van der Waals surface area contributed by atoms with Crippen LogP contribution < -0.4 is 9.62 Å². The molecule has 1 amide bonds. The highest BCUT2D eigenvalue weighted by molar-refractivity contribution is 8.01. The molecule has 2 aromatic carbocycles. The molecule has 11 heteroatoms. The first-order valence-corrected chi connectivity index (χ1v) is 12.2. The first-order chi connectivity index (χ1) is 14.4. The predicted octanol–water partition coefficient (Wildman–Crippen LogP) is 4.01. The molecule has 3 aromatic rings. The molecule has 0 aliphatic carbocycles. The molecular formula is C19H19FN4O3S3. The molecule has 0 aliphatic rings. The molecule has 0 saturated heterocycles. The molecule has 3 rings (SSSR count). The third kappa shape index (κ3) is 5.35. The van der Waals surface area contributed by atoms with Gasteiger partial charge in [0.25, 0.3) is 10.0 Å². The molecule has 1 N–H and O–H groups in total. The van der Waals surface area contributed by atoms with E-state index in [1.54, 1.807) is 18.2 Å². The molecule has 1 heterocycles. The van der Waals surface area contributed by atoms with Gasteiger partial charge in [0.15, 0.2) is 4.34 Å². The topological polar surface area (TPSA) is 92.3 Å². The van der Waals surface area contributed by atoms with Gasteiger partial charge in [0, 0.05) is 5.75 Å². The van der Waals surface area contributed by atoms with Gasteiger partial charge < -0.3 is 0 Å². The molecule has 30 heavy (non-hydrogen) atoms. The molecule has 158 valence electrons. The standard InChI is InChI=1S/C19H19FN4O3S3/c1-2-12-28-19-23-22-18(29-19)21-17(25)13-24(16-11-7-6-10-15(16)20)30(26,27)14-8-4-3-5-9-14/h3-11H,2,12-13H2,1H3,(H,21,22,25). The van der Waals surface area contributed by atoms with Crippen molar-refractivity contribution in [2.75, 3.05) is 21.9 Å². The number of anilines is 2. The van der Waals surface area contributed by atoms with E-state index in [0.717, 1.165) is 22.5 Å². The predicted molar refractivity (Wildman–Crippen MR) is 117 cm³/mol. The zero-order valence-corrected chi connectivity index (χ0v) is 18.4. The number of para-hydroxylation sites is 1. The van der Waals surface area contributed by atoms with Gasteiger partial charge in [0.1, 0.15) is 12.4 Å². The molecule has 0 fully saturated rings. The SMILES string of the molecule is CCCSc1nnc(NC(=O)CN(c2ccccc2F)S(=O)(=O)c2ccccc2)s1. The van der Waals surface area contributed by atoms with Crippen LogP contribution in [-0.4, -0.2) is 36.8 Å². The van der Waals surface area contributed by atoms with Crippen LogP contribution in [0.1, 0.15) is 13.3 Å². The summed E-state index contributed by atoms with van der Waals surface area (Å²) in [7, 11) is -4.18. The van der Waals surface area contributed by atoms with Crippen LogP contribution >= 0.6 is 23.1 Å². The fourth-order valence-corrected chi connectivity index (χ4v) is 5.61. The van der Waals surface area contributed by atoms with E-state index in [9.17, 15) is 17.6 Å². The number of benzene rings is 2. The minimum atomic E-state index is -4.18. The molecule has 0 bridgehead atoms. The van der Waals surface area contributed by atoms with E-state index in [2.05, 4.69) is 15.5 Å². The van der Waals surface area contributed by atoms with Gasteiger partial charge in [-0.1, -0.05) is 60.4 Å². The molecule has 0 saturated carbocycles. The van der Waals surface area contributed by atoms with Gasteiger partial charge in [-0.2, -0.15) is 0 Å². The van der Waals surface area contributed by atoms with Gasteiger partial charge in [0.2, 0.25) is 11.0 Å². The highest BCUT2D eigenvalue weighted by Crippen LogP contribution is 2.28. The van der Waals surface area contributed by atoms with Crippen molar-refractivity contribution < 1.29 is 17.6 Å². The van der Waals surface area contributed by atoms with Crippen LogP contribution in [-0.2, 0) is 14.8 Å². The maximum Gasteiger partial charge on any atom is 0.264 e. The molecule has 0 radical (unpaired) electrons. The van der Waals surface area contributed by atoms with Crippen molar-refractivity contribution in [3.8, 4) is 0 Å². The highest BCUT2D eigenvalue weighted by atomic mass is 32.2. The lowest BCUT2D eigenvalue weighted by Crippen LogP contribution is -2.38. The molecule has 0 unspecified atom stereocenters. The molecule has 0 atom stereocenters. The van der Waals surface area contributed by atoms with Gasteiger partial charge >= 0.3 is 0 Å². The van der Waals surface area contributed by atoms with Crippen LogP contribution in [0.2, 0.25) is 0 Å². The van der Waals surface area contributed by atoms with Gasteiger partial charge in [-0.05, 0) is 30.7 Å². The van der Waals surface area contributed by atoms with E-state index in [0.29, 0.717) is 4.34 Å². The van der Waals surface area contributed by atoms with E-state index in [1.165, 1.54) is 53.4 Å². The number of aromatic nitrogens is 2. The molecule has 1 aromatic heterocycles. The van der Waals surface area contributed by atoms with Crippen LogP contribution in [0.25, 0.3) is 0 Å². The number of nitrogens with zero attached hydrogens (tertiary/aromatic N) is 3. The van der Waals surface area contributed by atoms with E-state index in [-0.39, 0.29) is 15.7 Å². The molecule has 7 nitrogen and oxygen atoms in total. The lowest BCUT2D eigenvalue weighted by Gasteiger charge is -2.24. The third-order valence-corrected chi connectivity index (χ3v) is 7.77. The summed E-state index contributed by atoms with van der Waals surface area (Å²) in [5.74, 6) is -0.529. The van der Waals surface area contributed by atoms with Crippen molar-refractivity contribution in [1.82, 2.24) is 10.2 Å². The number of hydrogen-bond donors (Lipinski definition) is 1. The minimum absolute atomic E-state index is 0.0461. The normalized spacial score (nSPS) is 11.3. The van der Waals surface area contributed by atoms with E-state index >= 15 is 0 Å². The number of sulfonamides is 1. The number of hydrogen-bond acceptors (Lipinski definition) is 7. The summed E-state index contributed by atoms with van der Waals surface area (Å²) in [6, 6.07) is 13.0. The Morgan fingerprint density at radius 3 is 2.53 bits per heavy atom. The smallest absolute Gasteiger partial charge is 0.264 e. The summed E-state index contributed by atoms with van der Waals surface area (Å²) in [5.41, 5.74) is -0.215. The van der Waals surface area contributed by atoms with Crippen LogP contribution in [0.15, 0.2) is 63.8 Å². The van der Waals surface area contributed by atoms with E-state index in [4.69, 9.17) is 0 Å². The first-order valence-electron chi connectivity index (χ1n) is 9.00. The number of halogens is 1. The Bertz CT molecular complexity index is 1110. The Morgan fingerprint density at radius 1 is 1.13 bits per heavy atom. The second kappa shape index (κ2) is 10.0. The van der Waals surface area contributed by atoms with Gasteiger partial charge in [-0.25, -0.2) is 12.8 Å². The Morgan fingerprint density at radius 2 is 1.83 bits per heavy atom. The maximum atomic E-state index is 14.4. The number of carbonyl (C=O) groups is 1. The lowest BCUT2D eigenvalue weighted by atomic mass is 10.3. The van der Waals surface area contributed by atoms with Crippen LogP contribution in [0.5, 0.6) is 0 Å². The summed E-state index contributed by atoms with van der Waals surface area (Å²) >= 11 is 2.72. The van der Waals surface area contributed by atoms with Crippen LogP contribution in [0, 0.1) is 5.82 Å². The third-order valence-electron chi connectivity index (χ3n) is 3.82. The van der Waals surface area contributed by atoms with Crippen LogP contribution in [0.3, 0.4) is 0 Å². The average molecular weight is 467 g/mol. The van der Waals surface area contributed by atoms with Crippen LogP contribution in [0.4, 0.5) is 15.2 Å². The fourth-order valence-electron chi connectivity index (χ4n) is 2.47. The van der Waals surface area contributed by atoms with Gasteiger partial charge in [0.05, 0.1) is 10.6 Å². The quantitative estimate of drug-likeness (QED) is 0.378. The zero-order valence-electron chi connectivity index (χ0n) is 16.0. The Kier molecular flexibility index (Phi) is 7.40. The lowest BCUT2D eigenvalue weighted by molar-refractivity contribution is -0.114. The monoisotopic (exact) mass is 466 g/mol. The summed E-state index contributed by atoms with van der Waals surface area (Å²) < 4.78 is 42.2. The summed E-state index contributed by atoms with van der Waals surface area (Å²) in [6.45, 7) is 1.43. The molecule has 0 aliphatic heterocycles. The largest absolute Gasteiger partial charge is 0.299 e. The van der Waals surface area contributed by atoms with Crippen molar-refractivity contribution >= 4 is 49.8 Å². The second-order valence-corrected chi connectivity index (χ2v) is 10.2. The maximum absolute atomic E-state index is 14.4. The van der Waals surface area contributed by atoms with Crippen molar-refractivity contribution in [3.63, 3.8) is 0 Å². The van der Waals surface area contributed by atoms with E-state index < -0.39 is 28.3 Å². The number of nitrogens with one attached hydrogen (secondary N) is 1. The highest BCUT2D eigenvalue weighted by Gasteiger charge is 2.29. The Hall–Kier alpha value is -2.50. The summed E-state index contributed by atoms with van der Waals surface area (Å²) in [6.07, 6.45) is 0.973. The van der Waals surface area contributed by atoms with Gasteiger partial charge in [-0.3, -0.25) is 14.4 Å². The van der Waals surface area contributed by atoms with Crippen molar-refractivity contribution in [3.05, 3.63) is 60.4 Å². The van der Waals surface area contributed by atoms with E-state index in [1.807, 2.05) is 6.92 Å². The Labute approximate surface area is 182 Å². The second-order valence-electron chi connectivity index (χ2n) is 6.05. The minimum Gasteiger partial charge on any atom is -0.299 e. The van der Waals surface area contributed by atoms with Gasteiger partial charge in [-0.15, -0.1) is 10.2 Å². The fraction of sp³-hybridized carbons (Fsp3) is 0.211. The zero-order chi connectivity index (χ0) is 21.6.